The molecule has 0 amide bonds. The van der Waals surface area contributed by atoms with Gasteiger partial charge in [-0.1, -0.05) is 70.6 Å². The minimum atomic E-state index is -0.149. The van der Waals surface area contributed by atoms with E-state index in [1.807, 2.05) is 12.1 Å². The van der Waals surface area contributed by atoms with Gasteiger partial charge in [-0.25, -0.2) is 4.79 Å². The lowest BCUT2D eigenvalue weighted by molar-refractivity contribution is 0.0161. The smallest absolute Gasteiger partial charge is 0.338 e. The number of ether oxygens (including phenoxy) is 1. The highest BCUT2D eigenvalue weighted by atomic mass is 16.5. The van der Waals surface area contributed by atoms with Crippen molar-refractivity contribution in [3.05, 3.63) is 41.5 Å². The molecule has 0 heterocycles. The molecular weight excluding hydrogens is 356 g/mol. The number of carbonyl (C=O) groups excluding carboxylic acids is 1. The molecule has 2 aliphatic rings. The van der Waals surface area contributed by atoms with Gasteiger partial charge < -0.3 is 4.74 Å². The van der Waals surface area contributed by atoms with Gasteiger partial charge >= 0.3 is 5.97 Å². The SMILES string of the molecule is CCCCCC1CC=C(c2ccc(C(=O)OC3CCC(CCC)CC3)cc2)CC1. The Labute approximate surface area is 178 Å². The van der Waals surface area contributed by atoms with Crippen LogP contribution >= 0.6 is 0 Å². The highest BCUT2D eigenvalue weighted by molar-refractivity contribution is 5.90. The van der Waals surface area contributed by atoms with E-state index < -0.39 is 0 Å². The highest BCUT2D eigenvalue weighted by Gasteiger charge is 2.24. The number of benzene rings is 1. The van der Waals surface area contributed by atoms with Gasteiger partial charge in [0.15, 0.2) is 0 Å². The van der Waals surface area contributed by atoms with E-state index in [1.54, 1.807) is 0 Å². The van der Waals surface area contributed by atoms with Gasteiger partial charge in [-0.15, -0.1) is 0 Å². The summed E-state index contributed by atoms with van der Waals surface area (Å²) < 4.78 is 5.80. The van der Waals surface area contributed by atoms with Crippen LogP contribution < -0.4 is 0 Å². The predicted octanol–water partition coefficient (Wildman–Crippen LogP) is 7.97. The van der Waals surface area contributed by atoms with Crippen LogP contribution in [0.5, 0.6) is 0 Å². The van der Waals surface area contributed by atoms with Gasteiger partial charge in [0.1, 0.15) is 6.10 Å². The first-order chi connectivity index (χ1) is 14.2. The van der Waals surface area contributed by atoms with Crippen molar-refractivity contribution >= 4 is 11.5 Å². The molecule has 1 unspecified atom stereocenters. The lowest BCUT2D eigenvalue weighted by atomic mass is 9.84. The lowest BCUT2D eigenvalue weighted by Crippen LogP contribution is -2.24. The first-order valence-electron chi connectivity index (χ1n) is 12.2. The predicted molar refractivity (Wildman–Crippen MR) is 122 cm³/mol. The molecule has 1 aromatic rings. The van der Waals surface area contributed by atoms with Crippen LogP contribution in [0.15, 0.2) is 30.3 Å². The number of esters is 1. The molecule has 2 nitrogen and oxygen atoms in total. The Morgan fingerprint density at radius 1 is 0.897 bits per heavy atom. The summed E-state index contributed by atoms with van der Waals surface area (Å²) in [5.74, 6) is 1.56. The number of allylic oxidation sites excluding steroid dienone is 2. The minimum Gasteiger partial charge on any atom is -0.459 e. The first-order valence-corrected chi connectivity index (χ1v) is 12.2. The van der Waals surface area contributed by atoms with Crippen molar-refractivity contribution in [1.82, 2.24) is 0 Å². The topological polar surface area (TPSA) is 26.3 Å². The summed E-state index contributed by atoms with van der Waals surface area (Å²) in [5, 5.41) is 0. The summed E-state index contributed by atoms with van der Waals surface area (Å²) in [6.45, 7) is 4.53. The molecule has 0 aromatic heterocycles. The third kappa shape index (κ3) is 6.73. The quantitative estimate of drug-likeness (QED) is 0.312. The maximum atomic E-state index is 12.5. The molecule has 0 saturated heterocycles. The molecule has 2 heteroatoms. The summed E-state index contributed by atoms with van der Waals surface area (Å²) in [6.07, 6.45) is 18.7. The molecule has 1 aromatic carbocycles. The molecule has 0 radical (unpaired) electrons. The van der Waals surface area contributed by atoms with Crippen molar-refractivity contribution in [2.45, 2.75) is 103 Å². The second-order valence-electron chi connectivity index (χ2n) is 9.28. The van der Waals surface area contributed by atoms with E-state index in [-0.39, 0.29) is 12.1 Å². The summed E-state index contributed by atoms with van der Waals surface area (Å²) in [7, 11) is 0. The zero-order chi connectivity index (χ0) is 20.5. The van der Waals surface area contributed by atoms with Crippen molar-refractivity contribution in [3.8, 4) is 0 Å². The molecule has 0 N–H and O–H groups in total. The van der Waals surface area contributed by atoms with Crippen LogP contribution in [0.25, 0.3) is 5.57 Å². The van der Waals surface area contributed by atoms with E-state index >= 15 is 0 Å². The van der Waals surface area contributed by atoms with Crippen LogP contribution in [0.4, 0.5) is 0 Å². The third-order valence-corrected chi connectivity index (χ3v) is 6.99. The van der Waals surface area contributed by atoms with Gasteiger partial charge in [0.25, 0.3) is 0 Å². The number of carbonyl (C=O) groups is 1. The average Bonchev–Trinajstić information content (AvgIpc) is 2.76. The Kier molecular flexibility index (Phi) is 8.83. The van der Waals surface area contributed by atoms with Gasteiger partial charge in [-0.2, -0.15) is 0 Å². The molecule has 3 rings (SSSR count). The molecule has 1 saturated carbocycles. The number of hydrogen-bond donors (Lipinski definition) is 0. The Balaban J connectivity index is 1.47. The molecule has 160 valence electrons. The molecule has 0 bridgehead atoms. The van der Waals surface area contributed by atoms with E-state index in [0.717, 1.165) is 24.7 Å². The molecular formula is C27H40O2. The minimum absolute atomic E-state index is 0.112. The Morgan fingerprint density at radius 2 is 1.66 bits per heavy atom. The Bertz CT molecular complexity index is 650. The van der Waals surface area contributed by atoms with Crippen molar-refractivity contribution in [2.75, 3.05) is 0 Å². The summed E-state index contributed by atoms with van der Waals surface area (Å²) in [4.78, 5) is 12.5. The molecule has 29 heavy (non-hydrogen) atoms. The van der Waals surface area contributed by atoms with E-state index in [9.17, 15) is 4.79 Å². The number of unbranched alkanes of at least 4 members (excludes halogenated alkanes) is 2. The summed E-state index contributed by atoms with van der Waals surface area (Å²) >= 11 is 0. The average molecular weight is 397 g/mol. The molecule has 1 fully saturated rings. The summed E-state index contributed by atoms with van der Waals surface area (Å²) in [6, 6.07) is 8.12. The van der Waals surface area contributed by atoms with Crippen molar-refractivity contribution < 1.29 is 9.53 Å². The van der Waals surface area contributed by atoms with Crippen molar-refractivity contribution in [3.63, 3.8) is 0 Å². The molecule has 2 aliphatic carbocycles. The fraction of sp³-hybridized carbons (Fsp3) is 0.667. The summed E-state index contributed by atoms with van der Waals surface area (Å²) in [5.41, 5.74) is 3.41. The highest BCUT2D eigenvalue weighted by Crippen LogP contribution is 2.33. The monoisotopic (exact) mass is 396 g/mol. The Hall–Kier alpha value is -1.57. The van der Waals surface area contributed by atoms with Crippen LogP contribution in [-0.4, -0.2) is 12.1 Å². The van der Waals surface area contributed by atoms with E-state index in [4.69, 9.17) is 4.74 Å². The number of rotatable bonds is 9. The maximum Gasteiger partial charge on any atom is 0.338 e. The van der Waals surface area contributed by atoms with E-state index in [0.29, 0.717) is 5.56 Å². The van der Waals surface area contributed by atoms with Crippen molar-refractivity contribution in [1.29, 1.82) is 0 Å². The van der Waals surface area contributed by atoms with E-state index in [2.05, 4.69) is 32.1 Å². The van der Waals surface area contributed by atoms with E-state index in [1.165, 1.54) is 81.8 Å². The second kappa shape index (κ2) is 11.6. The van der Waals surface area contributed by atoms with Crippen LogP contribution in [0.1, 0.15) is 113 Å². The molecule has 1 atom stereocenters. The first kappa shape index (κ1) is 22.1. The number of hydrogen-bond acceptors (Lipinski definition) is 2. The van der Waals surface area contributed by atoms with Crippen LogP contribution in [0.3, 0.4) is 0 Å². The standard InChI is InChI=1S/C27H40O2/c1-3-5-6-8-22-9-13-23(14-10-22)24-15-17-25(18-16-24)27(28)29-26-19-11-21(7-4-2)12-20-26/h13,15-18,21-22,26H,3-12,14,19-20H2,1-2H3. The lowest BCUT2D eigenvalue weighted by Gasteiger charge is -2.28. The maximum absolute atomic E-state index is 12.5. The zero-order valence-corrected chi connectivity index (χ0v) is 18.6. The van der Waals surface area contributed by atoms with Gasteiger partial charge in [-0.3, -0.25) is 0 Å². The van der Waals surface area contributed by atoms with Gasteiger partial charge in [0.2, 0.25) is 0 Å². The third-order valence-electron chi connectivity index (χ3n) is 6.99. The van der Waals surface area contributed by atoms with Crippen LogP contribution in [-0.2, 0) is 4.74 Å². The second-order valence-corrected chi connectivity index (χ2v) is 9.28. The van der Waals surface area contributed by atoms with Crippen LogP contribution in [0.2, 0.25) is 0 Å². The van der Waals surface area contributed by atoms with Gasteiger partial charge in [0.05, 0.1) is 5.56 Å². The fourth-order valence-electron chi connectivity index (χ4n) is 5.08. The normalized spacial score (nSPS) is 24.8. The molecule has 0 spiro atoms. The van der Waals surface area contributed by atoms with Gasteiger partial charge in [-0.05, 0) is 80.1 Å². The van der Waals surface area contributed by atoms with Crippen LogP contribution in [0, 0.1) is 11.8 Å². The Morgan fingerprint density at radius 3 is 2.28 bits per heavy atom. The molecule has 0 aliphatic heterocycles. The zero-order valence-electron chi connectivity index (χ0n) is 18.6. The largest absolute Gasteiger partial charge is 0.459 e. The fourth-order valence-corrected chi connectivity index (χ4v) is 5.08. The van der Waals surface area contributed by atoms with Crippen molar-refractivity contribution in [2.24, 2.45) is 11.8 Å². The van der Waals surface area contributed by atoms with Gasteiger partial charge in [0, 0.05) is 0 Å².